The Morgan fingerprint density at radius 1 is 1.27 bits per heavy atom. The van der Waals surface area contributed by atoms with Crippen LogP contribution in [0.3, 0.4) is 0 Å². The topological polar surface area (TPSA) is 78.3 Å². The van der Waals surface area contributed by atoms with Gasteiger partial charge in [-0.25, -0.2) is 0 Å². The molecule has 0 unspecified atom stereocenters. The van der Waals surface area contributed by atoms with Gasteiger partial charge in [-0.3, -0.25) is 14.5 Å². The lowest BCUT2D eigenvalue weighted by molar-refractivity contribution is -0.127. The first kappa shape index (κ1) is 20.3. The van der Waals surface area contributed by atoms with Crippen LogP contribution in [0.15, 0.2) is 55.0 Å². The molecule has 0 saturated carbocycles. The lowest BCUT2D eigenvalue weighted by atomic mass is 10.0. The van der Waals surface area contributed by atoms with Crippen LogP contribution in [0.4, 0.5) is 0 Å². The summed E-state index contributed by atoms with van der Waals surface area (Å²) in [7, 11) is 1.91. The monoisotopic (exact) mass is 406 g/mol. The highest BCUT2D eigenvalue weighted by Gasteiger charge is 2.16. The fraction of sp³-hybridized carbons (Fsp3) is 0.348. The van der Waals surface area contributed by atoms with Crippen molar-refractivity contribution in [3.63, 3.8) is 0 Å². The number of hydrogen-bond acceptors (Lipinski definition) is 5. The van der Waals surface area contributed by atoms with Gasteiger partial charge in [0.15, 0.2) is 0 Å². The average Bonchev–Trinajstić information content (AvgIpc) is 3.43. The van der Waals surface area contributed by atoms with Gasteiger partial charge < -0.3 is 14.8 Å². The van der Waals surface area contributed by atoms with Crippen LogP contribution in [0.5, 0.6) is 0 Å². The average molecular weight is 406 g/mol. The fourth-order valence-corrected chi connectivity index (χ4v) is 3.58. The first-order valence-electron chi connectivity index (χ1n) is 10.2. The summed E-state index contributed by atoms with van der Waals surface area (Å²) in [5, 5.41) is 7.56. The molecule has 1 amide bonds. The van der Waals surface area contributed by atoms with Crippen molar-refractivity contribution in [2.45, 2.75) is 25.5 Å². The van der Waals surface area contributed by atoms with E-state index in [0.717, 1.165) is 47.4 Å². The number of nitrogens with zero attached hydrogens (tertiary/aromatic N) is 3. The van der Waals surface area contributed by atoms with Crippen LogP contribution in [0, 0.1) is 0 Å². The second kappa shape index (κ2) is 9.65. The van der Waals surface area contributed by atoms with E-state index in [9.17, 15) is 4.79 Å². The van der Waals surface area contributed by atoms with Crippen molar-refractivity contribution in [1.82, 2.24) is 20.1 Å². The summed E-state index contributed by atoms with van der Waals surface area (Å²) < 4.78 is 12.8. The first-order chi connectivity index (χ1) is 14.7. The molecule has 0 radical (unpaired) electrons. The van der Waals surface area contributed by atoms with Crippen LogP contribution < -0.4 is 5.32 Å². The third-order valence-corrected chi connectivity index (χ3v) is 5.07. The minimum atomic E-state index is -0.131. The number of amides is 1. The van der Waals surface area contributed by atoms with Crippen LogP contribution in [0.1, 0.15) is 18.4 Å². The minimum absolute atomic E-state index is 0.0476. The van der Waals surface area contributed by atoms with Gasteiger partial charge in [0.2, 0.25) is 5.91 Å². The van der Waals surface area contributed by atoms with E-state index in [-0.39, 0.29) is 18.6 Å². The van der Waals surface area contributed by atoms with Gasteiger partial charge in [-0.1, -0.05) is 18.2 Å². The third-order valence-electron chi connectivity index (χ3n) is 5.07. The zero-order chi connectivity index (χ0) is 20.8. The molecule has 1 aromatic carbocycles. The molecular formula is C23H26N4O3. The van der Waals surface area contributed by atoms with Crippen LogP contribution in [0.25, 0.3) is 22.4 Å². The normalized spacial score (nSPS) is 16.0. The van der Waals surface area contributed by atoms with E-state index in [4.69, 9.17) is 9.47 Å². The van der Waals surface area contributed by atoms with Gasteiger partial charge in [0.05, 0.1) is 12.7 Å². The molecular weight excluding hydrogens is 380 g/mol. The van der Waals surface area contributed by atoms with E-state index in [0.29, 0.717) is 13.2 Å². The Hall–Kier alpha value is -3.03. The van der Waals surface area contributed by atoms with Crippen LogP contribution in [-0.4, -0.2) is 46.6 Å². The number of pyridine rings is 1. The Balaban J connectivity index is 1.38. The van der Waals surface area contributed by atoms with Crippen LogP contribution in [0.2, 0.25) is 0 Å². The quantitative estimate of drug-likeness (QED) is 0.622. The summed E-state index contributed by atoms with van der Waals surface area (Å²) in [5.41, 5.74) is 5.02. The number of aryl methyl sites for hydroxylation is 1. The summed E-state index contributed by atoms with van der Waals surface area (Å²) in [5.74, 6) is -0.131. The van der Waals surface area contributed by atoms with E-state index in [1.165, 1.54) is 0 Å². The van der Waals surface area contributed by atoms with Crippen molar-refractivity contribution in [2.75, 3.05) is 19.8 Å². The number of aromatic nitrogens is 3. The van der Waals surface area contributed by atoms with Crippen molar-refractivity contribution in [2.24, 2.45) is 7.05 Å². The molecule has 156 valence electrons. The maximum atomic E-state index is 12.1. The Labute approximate surface area is 176 Å². The molecule has 1 aliphatic rings. The number of carbonyl (C=O) groups excluding carboxylic acids is 1. The van der Waals surface area contributed by atoms with Crippen molar-refractivity contribution < 1.29 is 14.3 Å². The summed E-state index contributed by atoms with van der Waals surface area (Å²) in [4.78, 5) is 16.2. The van der Waals surface area contributed by atoms with Gasteiger partial charge in [-0.05, 0) is 42.2 Å². The van der Waals surface area contributed by atoms with Crippen molar-refractivity contribution in [3.8, 4) is 22.4 Å². The molecule has 3 heterocycles. The molecule has 0 aliphatic carbocycles. The van der Waals surface area contributed by atoms with E-state index in [1.54, 1.807) is 12.4 Å². The van der Waals surface area contributed by atoms with Gasteiger partial charge in [0.1, 0.15) is 12.3 Å². The molecule has 1 aliphatic heterocycles. The first-order valence-corrected chi connectivity index (χ1v) is 10.2. The predicted octanol–water partition coefficient (Wildman–Crippen LogP) is 2.96. The Kier molecular flexibility index (Phi) is 6.51. The molecule has 0 bridgehead atoms. The Morgan fingerprint density at radius 3 is 2.93 bits per heavy atom. The van der Waals surface area contributed by atoms with E-state index in [1.807, 2.05) is 48.3 Å². The zero-order valence-electron chi connectivity index (χ0n) is 17.1. The maximum Gasteiger partial charge on any atom is 0.246 e. The van der Waals surface area contributed by atoms with Gasteiger partial charge in [-0.2, -0.15) is 5.10 Å². The minimum Gasteiger partial charge on any atom is -0.376 e. The third kappa shape index (κ3) is 5.11. The molecule has 1 N–H and O–H groups in total. The molecule has 3 aromatic rings. The largest absolute Gasteiger partial charge is 0.376 e. The van der Waals surface area contributed by atoms with Crippen molar-refractivity contribution >= 4 is 5.91 Å². The fourth-order valence-electron chi connectivity index (χ4n) is 3.58. The van der Waals surface area contributed by atoms with Crippen LogP contribution >= 0.6 is 0 Å². The number of hydrogen-bond donors (Lipinski definition) is 1. The van der Waals surface area contributed by atoms with Gasteiger partial charge in [0.25, 0.3) is 0 Å². The van der Waals surface area contributed by atoms with Crippen molar-refractivity contribution in [3.05, 3.63) is 60.6 Å². The van der Waals surface area contributed by atoms with Crippen LogP contribution in [-0.2, 0) is 27.9 Å². The maximum absolute atomic E-state index is 12.1. The number of ether oxygens (including phenoxy) is 2. The van der Waals surface area contributed by atoms with Gasteiger partial charge in [-0.15, -0.1) is 0 Å². The highest BCUT2D eigenvalue weighted by Crippen LogP contribution is 2.30. The second-order valence-electron chi connectivity index (χ2n) is 7.43. The predicted molar refractivity (Wildman–Crippen MR) is 114 cm³/mol. The molecule has 7 nitrogen and oxygen atoms in total. The SMILES string of the molecule is Cn1cc(-c2ccncc2)c(-c2cccc(CNC(=O)COC[C@@H]3CCCO3)c2)n1. The Bertz CT molecular complexity index is 981. The molecule has 1 saturated heterocycles. The lowest BCUT2D eigenvalue weighted by Gasteiger charge is -2.11. The van der Waals surface area contributed by atoms with Gasteiger partial charge >= 0.3 is 0 Å². The number of nitrogens with one attached hydrogen (secondary N) is 1. The smallest absolute Gasteiger partial charge is 0.246 e. The van der Waals surface area contributed by atoms with Gasteiger partial charge in [0, 0.05) is 49.9 Å². The summed E-state index contributed by atoms with van der Waals surface area (Å²) in [6.45, 7) is 1.75. The summed E-state index contributed by atoms with van der Waals surface area (Å²) >= 11 is 0. The highest BCUT2D eigenvalue weighted by molar-refractivity contribution is 5.80. The number of carbonyl (C=O) groups is 1. The molecule has 2 aromatic heterocycles. The molecule has 1 atom stereocenters. The number of rotatable bonds is 8. The second-order valence-corrected chi connectivity index (χ2v) is 7.43. The standard InChI is InChI=1S/C23H26N4O3/c1-27-14-21(18-7-9-24-10-8-18)23(26-27)19-5-2-4-17(12-19)13-25-22(28)16-29-15-20-6-3-11-30-20/h2,4-5,7-10,12,14,20H,3,6,11,13,15-16H2,1H3,(H,25,28)/t20-/m0/s1. The zero-order valence-corrected chi connectivity index (χ0v) is 17.1. The highest BCUT2D eigenvalue weighted by atomic mass is 16.5. The summed E-state index contributed by atoms with van der Waals surface area (Å²) in [6.07, 6.45) is 7.75. The summed E-state index contributed by atoms with van der Waals surface area (Å²) in [6, 6.07) is 12.0. The number of benzene rings is 1. The molecule has 1 fully saturated rings. The Morgan fingerprint density at radius 2 is 2.13 bits per heavy atom. The molecule has 4 rings (SSSR count). The van der Waals surface area contributed by atoms with E-state index in [2.05, 4.69) is 21.5 Å². The molecule has 30 heavy (non-hydrogen) atoms. The van der Waals surface area contributed by atoms with Crippen molar-refractivity contribution in [1.29, 1.82) is 0 Å². The van der Waals surface area contributed by atoms with E-state index < -0.39 is 0 Å². The molecule has 7 heteroatoms. The molecule has 0 spiro atoms. The van der Waals surface area contributed by atoms with E-state index >= 15 is 0 Å². The lowest BCUT2D eigenvalue weighted by Crippen LogP contribution is -2.28.